The molecule has 0 heterocycles. The second-order valence-electron chi connectivity index (χ2n) is 5.57. The van der Waals surface area contributed by atoms with Crippen LogP contribution in [0.1, 0.15) is 59.3 Å². The van der Waals surface area contributed by atoms with E-state index in [4.69, 9.17) is 0 Å². The molecule has 15 heavy (non-hydrogen) atoms. The quantitative estimate of drug-likeness (QED) is 0.704. The second kappa shape index (κ2) is 7.27. The topological polar surface area (TPSA) is 12.0 Å². The minimum atomic E-state index is 0.855. The van der Waals surface area contributed by atoms with Crippen LogP contribution >= 0.6 is 0 Å². The number of hydrogen-bond donors (Lipinski definition) is 1. The summed E-state index contributed by atoms with van der Waals surface area (Å²) in [5.41, 5.74) is 0. The Kier molecular flexibility index (Phi) is 6.31. The summed E-state index contributed by atoms with van der Waals surface area (Å²) in [5.74, 6) is 2.76. The molecule has 1 aliphatic carbocycles. The van der Waals surface area contributed by atoms with Crippen molar-refractivity contribution < 1.29 is 0 Å². The lowest BCUT2D eigenvalue weighted by Gasteiger charge is -2.29. The molecule has 1 N–H and O–H groups in total. The molecule has 3 atom stereocenters. The molecule has 0 radical (unpaired) electrons. The Morgan fingerprint density at radius 3 is 2.67 bits per heavy atom. The molecule has 1 rings (SSSR count). The van der Waals surface area contributed by atoms with Gasteiger partial charge in [0.05, 0.1) is 0 Å². The average Bonchev–Trinajstić information content (AvgIpc) is 2.21. The summed E-state index contributed by atoms with van der Waals surface area (Å²) in [6, 6.07) is 0. The zero-order valence-electron chi connectivity index (χ0n) is 10.9. The lowest BCUT2D eigenvalue weighted by atomic mass is 9.80. The largest absolute Gasteiger partial charge is 0.316 e. The Morgan fingerprint density at radius 2 is 2.00 bits per heavy atom. The maximum absolute atomic E-state index is 3.67. The molecule has 90 valence electrons. The SMILES string of the molecule is CCCC(C)CNCC1CCCCC1C. The molecule has 0 spiro atoms. The molecular formula is C14H29N. The van der Waals surface area contributed by atoms with Crippen LogP contribution < -0.4 is 5.32 Å². The van der Waals surface area contributed by atoms with Crippen LogP contribution in [0.2, 0.25) is 0 Å². The summed E-state index contributed by atoms with van der Waals surface area (Å²) in [7, 11) is 0. The summed E-state index contributed by atoms with van der Waals surface area (Å²) in [6.07, 6.45) is 8.52. The highest BCUT2D eigenvalue weighted by atomic mass is 14.9. The molecule has 0 saturated heterocycles. The molecule has 0 amide bonds. The second-order valence-corrected chi connectivity index (χ2v) is 5.57. The minimum Gasteiger partial charge on any atom is -0.316 e. The zero-order valence-corrected chi connectivity index (χ0v) is 10.9. The normalized spacial score (nSPS) is 29.0. The molecule has 1 nitrogen and oxygen atoms in total. The summed E-state index contributed by atoms with van der Waals surface area (Å²) in [4.78, 5) is 0. The van der Waals surface area contributed by atoms with E-state index in [9.17, 15) is 0 Å². The van der Waals surface area contributed by atoms with Crippen molar-refractivity contribution in [2.75, 3.05) is 13.1 Å². The maximum Gasteiger partial charge on any atom is -0.00179 e. The fraction of sp³-hybridized carbons (Fsp3) is 1.00. The molecule has 1 aliphatic rings. The van der Waals surface area contributed by atoms with E-state index < -0.39 is 0 Å². The average molecular weight is 211 g/mol. The van der Waals surface area contributed by atoms with Gasteiger partial charge in [-0.1, -0.05) is 46.5 Å². The standard InChI is InChI=1S/C14H29N/c1-4-7-12(2)10-15-11-14-9-6-5-8-13(14)3/h12-15H,4-11H2,1-3H3. The third-order valence-corrected chi connectivity index (χ3v) is 3.97. The van der Waals surface area contributed by atoms with Crippen LogP contribution in [0, 0.1) is 17.8 Å². The molecular weight excluding hydrogens is 182 g/mol. The van der Waals surface area contributed by atoms with E-state index in [1.165, 1.54) is 51.6 Å². The first-order chi connectivity index (χ1) is 7.24. The first-order valence-electron chi connectivity index (χ1n) is 6.94. The van der Waals surface area contributed by atoms with Crippen LogP contribution in [-0.2, 0) is 0 Å². The maximum atomic E-state index is 3.67. The molecule has 0 aromatic carbocycles. The molecule has 0 bridgehead atoms. The molecule has 1 fully saturated rings. The molecule has 1 saturated carbocycles. The molecule has 0 aliphatic heterocycles. The van der Waals surface area contributed by atoms with Gasteiger partial charge in [-0.05, 0) is 43.7 Å². The lowest BCUT2D eigenvalue weighted by Crippen LogP contribution is -2.31. The zero-order chi connectivity index (χ0) is 11.1. The van der Waals surface area contributed by atoms with Crippen molar-refractivity contribution >= 4 is 0 Å². The van der Waals surface area contributed by atoms with Crippen LogP contribution in [0.5, 0.6) is 0 Å². The van der Waals surface area contributed by atoms with Gasteiger partial charge in [0.15, 0.2) is 0 Å². The van der Waals surface area contributed by atoms with Gasteiger partial charge in [0.25, 0.3) is 0 Å². The van der Waals surface area contributed by atoms with Crippen LogP contribution in [-0.4, -0.2) is 13.1 Å². The van der Waals surface area contributed by atoms with Crippen LogP contribution in [0.3, 0.4) is 0 Å². The molecule has 1 heteroatoms. The Balaban J connectivity index is 2.08. The van der Waals surface area contributed by atoms with Gasteiger partial charge in [0.1, 0.15) is 0 Å². The third-order valence-electron chi connectivity index (χ3n) is 3.97. The molecule has 0 aromatic heterocycles. The summed E-state index contributed by atoms with van der Waals surface area (Å²) in [6.45, 7) is 9.55. The van der Waals surface area contributed by atoms with Gasteiger partial charge < -0.3 is 5.32 Å². The molecule has 0 aromatic rings. The van der Waals surface area contributed by atoms with E-state index >= 15 is 0 Å². The van der Waals surface area contributed by atoms with Crippen LogP contribution in [0.25, 0.3) is 0 Å². The summed E-state index contributed by atoms with van der Waals surface area (Å²) in [5, 5.41) is 3.67. The van der Waals surface area contributed by atoms with Crippen LogP contribution in [0.4, 0.5) is 0 Å². The monoisotopic (exact) mass is 211 g/mol. The van der Waals surface area contributed by atoms with Crippen molar-refractivity contribution in [2.45, 2.75) is 59.3 Å². The summed E-state index contributed by atoms with van der Waals surface area (Å²) < 4.78 is 0. The summed E-state index contributed by atoms with van der Waals surface area (Å²) >= 11 is 0. The van der Waals surface area contributed by atoms with Gasteiger partial charge in [-0.25, -0.2) is 0 Å². The first-order valence-corrected chi connectivity index (χ1v) is 6.94. The Morgan fingerprint density at radius 1 is 1.27 bits per heavy atom. The van der Waals surface area contributed by atoms with E-state index in [1.807, 2.05) is 0 Å². The van der Waals surface area contributed by atoms with Crippen molar-refractivity contribution in [1.29, 1.82) is 0 Å². The van der Waals surface area contributed by atoms with E-state index in [2.05, 4.69) is 26.1 Å². The highest BCUT2D eigenvalue weighted by Gasteiger charge is 2.20. The molecule has 3 unspecified atom stereocenters. The van der Waals surface area contributed by atoms with Gasteiger partial charge in [-0.2, -0.15) is 0 Å². The van der Waals surface area contributed by atoms with E-state index in [0.29, 0.717) is 0 Å². The fourth-order valence-corrected chi connectivity index (χ4v) is 2.81. The Hall–Kier alpha value is -0.0400. The van der Waals surface area contributed by atoms with Gasteiger partial charge in [-0.3, -0.25) is 0 Å². The third kappa shape index (κ3) is 5.01. The predicted octanol–water partition coefficient (Wildman–Crippen LogP) is 3.84. The smallest absolute Gasteiger partial charge is 0.00179 e. The van der Waals surface area contributed by atoms with Gasteiger partial charge >= 0.3 is 0 Å². The van der Waals surface area contributed by atoms with Crippen molar-refractivity contribution in [3.63, 3.8) is 0 Å². The van der Waals surface area contributed by atoms with Gasteiger partial charge in [0, 0.05) is 0 Å². The van der Waals surface area contributed by atoms with E-state index in [-0.39, 0.29) is 0 Å². The Labute approximate surface area is 96.0 Å². The fourth-order valence-electron chi connectivity index (χ4n) is 2.81. The van der Waals surface area contributed by atoms with E-state index in [1.54, 1.807) is 0 Å². The number of hydrogen-bond acceptors (Lipinski definition) is 1. The highest BCUT2D eigenvalue weighted by molar-refractivity contribution is 4.74. The van der Waals surface area contributed by atoms with Crippen molar-refractivity contribution in [3.8, 4) is 0 Å². The van der Waals surface area contributed by atoms with E-state index in [0.717, 1.165) is 17.8 Å². The number of rotatable bonds is 6. The Bertz CT molecular complexity index is 155. The number of nitrogens with one attached hydrogen (secondary N) is 1. The minimum absolute atomic E-state index is 0.855. The van der Waals surface area contributed by atoms with Crippen LogP contribution in [0.15, 0.2) is 0 Å². The van der Waals surface area contributed by atoms with Gasteiger partial charge in [0.2, 0.25) is 0 Å². The predicted molar refractivity (Wildman–Crippen MR) is 68.1 cm³/mol. The van der Waals surface area contributed by atoms with Crippen molar-refractivity contribution in [2.24, 2.45) is 17.8 Å². The van der Waals surface area contributed by atoms with Crippen molar-refractivity contribution in [1.82, 2.24) is 5.32 Å². The lowest BCUT2D eigenvalue weighted by molar-refractivity contribution is 0.244. The first kappa shape index (κ1) is 13.0. The van der Waals surface area contributed by atoms with Gasteiger partial charge in [-0.15, -0.1) is 0 Å². The highest BCUT2D eigenvalue weighted by Crippen LogP contribution is 2.28. The van der Waals surface area contributed by atoms with Crippen molar-refractivity contribution in [3.05, 3.63) is 0 Å².